The Morgan fingerprint density at radius 1 is 1.30 bits per heavy atom. The number of nitrogens with one attached hydrogen (secondary N) is 2. The first-order valence-electron chi connectivity index (χ1n) is 7.28. The lowest BCUT2D eigenvalue weighted by Gasteiger charge is -2.37. The number of piperidine rings is 1. The highest BCUT2D eigenvalue weighted by atomic mass is 16.5. The second-order valence-electron chi connectivity index (χ2n) is 5.59. The molecule has 0 aliphatic carbocycles. The molecule has 2 atom stereocenters. The van der Waals surface area contributed by atoms with Gasteiger partial charge >= 0.3 is 0 Å². The monoisotopic (exact) mass is 284 g/mol. The van der Waals surface area contributed by atoms with Crippen molar-refractivity contribution in [3.05, 3.63) is 0 Å². The first-order valence-corrected chi connectivity index (χ1v) is 7.28. The van der Waals surface area contributed by atoms with Crippen molar-refractivity contribution in [1.29, 1.82) is 0 Å². The number of hydrogen-bond acceptors (Lipinski definition) is 3. The van der Waals surface area contributed by atoms with E-state index in [9.17, 15) is 4.79 Å². The molecule has 0 radical (unpaired) electrons. The Bertz CT molecular complexity index is 323. The summed E-state index contributed by atoms with van der Waals surface area (Å²) in [6.07, 6.45) is 1.25. The van der Waals surface area contributed by atoms with E-state index in [0.29, 0.717) is 25.0 Å². The zero-order chi connectivity index (χ0) is 15.0. The zero-order valence-corrected chi connectivity index (χ0v) is 13.1. The van der Waals surface area contributed by atoms with E-state index in [1.54, 1.807) is 14.2 Å². The molecule has 6 heteroatoms. The van der Waals surface area contributed by atoms with Gasteiger partial charge in [-0.1, -0.05) is 13.8 Å². The first-order chi connectivity index (χ1) is 9.56. The molecule has 2 N–H and O–H groups in total. The average molecular weight is 284 g/mol. The Hall–Kier alpha value is -1.30. The van der Waals surface area contributed by atoms with Crippen LogP contribution in [-0.2, 0) is 9.53 Å². The van der Waals surface area contributed by atoms with Crippen LogP contribution in [0.25, 0.3) is 0 Å². The summed E-state index contributed by atoms with van der Waals surface area (Å²) >= 11 is 0. The van der Waals surface area contributed by atoms with E-state index in [4.69, 9.17) is 4.74 Å². The van der Waals surface area contributed by atoms with Crippen molar-refractivity contribution < 1.29 is 9.53 Å². The Labute approximate surface area is 122 Å². The standard InChI is InChI=1S/C14H28N4O2/c1-11-7-12(2)10-18(9-11)14(15-3)17-8-13(19)16-5-6-20-4/h11-12H,5-10H2,1-4H3,(H,15,17)(H,16,19). The molecule has 1 fully saturated rings. The van der Waals surface area contributed by atoms with E-state index >= 15 is 0 Å². The normalized spacial score (nSPS) is 23.6. The molecule has 1 amide bonds. The third-order valence-electron chi connectivity index (χ3n) is 3.42. The highest BCUT2D eigenvalue weighted by Crippen LogP contribution is 2.20. The van der Waals surface area contributed by atoms with Gasteiger partial charge in [0.15, 0.2) is 5.96 Å². The highest BCUT2D eigenvalue weighted by molar-refractivity contribution is 5.86. The Balaban J connectivity index is 2.37. The molecule has 1 aliphatic rings. The van der Waals surface area contributed by atoms with Gasteiger partial charge in [-0.3, -0.25) is 9.79 Å². The van der Waals surface area contributed by atoms with Crippen LogP contribution >= 0.6 is 0 Å². The molecule has 2 unspecified atom stereocenters. The minimum absolute atomic E-state index is 0.0405. The van der Waals surface area contributed by atoms with E-state index in [0.717, 1.165) is 19.0 Å². The fraction of sp³-hybridized carbons (Fsp3) is 0.857. The molecular formula is C14H28N4O2. The van der Waals surface area contributed by atoms with E-state index in [2.05, 4.69) is 34.4 Å². The minimum atomic E-state index is -0.0405. The van der Waals surface area contributed by atoms with Crippen molar-refractivity contribution in [2.75, 3.05) is 46.9 Å². The summed E-state index contributed by atoms with van der Waals surface area (Å²) in [5.74, 6) is 2.09. The summed E-state index contributed by atoms with van der Waals surface area (Å²) < 4.78 is 4.89. The molecule has 20 heavy (non-hydrogen) atoms. The molecule has 1 aliphatic heterocycles. The van der Waals surface area contributed by atoms with E-state index < -0.39 is 0 Å². The van der Waals surface area contributed by atoms with Gasteiger partial charge in [0.25, 0.3) is 0 Å². The lowest BCUT2D eigenvalue weighted by Crippen LogP contribution is -2.50. The summed E-state index contributed by atoms with van der Waals surface area (Å²) in [7, 11) is 3.38. The number of aliphatic imine (C=N–C) groups is 1. The third-order valence-corrected chi connectivity index (χ3v) is 3.42. The topological polar surface area (TPSA) is 66.0 Å². The summed E-state index contributed by atoms with van der Waals surface area (Å²) in [4.78, 5) is 18.2. The van der Waals surface area contributed by atoms with Crippen LogP contribution in [0.2, 0.25) is 0 Å². The largest absolute Gasteiger partial charge is 0.383 e. The van der Waals surface area contributed by atoms with Gasteiger partial charge in [0.2, 0.25) is 5.91 Å². The number of carbonyl (C=O) groups is 1. The predicted molar refractivity (Wildman–Crippen MR) is 80.8 cm³/mol. The van der Waals surface area contributed by atoms with Gasteiger partial charge in [0.05, 0.1) is 13.2 Å². The molecular weight excluding hydrogens is 256 g/mol. The number of hydrogen-bond donors (Lipinski definition) is 2. The SMILES string of the molecule is CN=C(NCC(=O)NCCOC)N1CC(C)CC(C)C1. The van der Waals surface area contributed by atoms with E-state index in [1.165, 1.54) is 6.42 Å². The number of carbonyl (C=O) groups excluding carboxylic acids is 1. The smallest absolute Gasteiger partial charge is 0.239 e. The number of ether oxygens (including phenoxy) is 1. The van der Waals surface area contributed by atoms with Gasteiger partial charge in [0, 0.05) is 33.8 Å². The maximum atomic E-state index is 11.6. The molecule has 0 bridgehead atoms. The molecule has 0 aromatic rings. The zero-order valence-electron chi connectivity index (χ0n) is 13.1. The summed E-state index contributed by atoms with van der Waals surface area (Å²) in [6, 6.07) is 0. The Morgan fingerprint density at radius 3 is 2.50 bits per heavy atom. The second-order valence-corrected chi connectivity index (χ2v) is 5.59. The number of likely N-dealkylation sites (tertiary alicyclic amines) is 1. The second kappa shape index (κ2) is 8.79. The highest BCUT2D eigenvalue weighted by Gasteiger charge is 2.24. The van der Waals surface area contributed by atoms with Crippen molar-refractivity contribution in [2.45, 2.75) is 20.3 Å². The summed E-state index contributed by atoms with van der Waals surface area (Å²) in [5, 5.41) is 5.91. The molecule has 116 valence electrons. The quantitative estimate of drug-likeness (QED) is 0.433. The van der Waals surface area contributed by atoms with Crippen LogP contribution in [0.5, 0.6) is 0 Å². The van der Waals surface area contributed by atoms with Crippen molar-refractivity contribution >= 4 is 11.9 Å². The maximum absolute atomic E-state index is 11.6. The molecule has 0 saturated carbocycles. The Morgan fingerprint density at radius 2 is 1.95 bits per heavy atom. The van der Waals surface area contributed by atoms with E-state index in [1.807, 2.05) is 0 Å². The number of methoxy groups -OCH3 is 1. The fourth-order valence-electron chi connectivity index (χ4n) is 2.68. The van der Waals surface area contributed by atoms with Crippen molar-refractivity contribution in [2.24, 2.45) is 16.8 Å². The van der Waals surface area contributed by atoms with Crippen molar-refractivity contribution in [3.8, 4) is 0 Å². The molecule has 1 saturated heterocycles. The average Bonchev–Trinajstić information content (AvgIpc) is 2.38. The van der Waals surface area contributed by atoms with Crippen LogP contribution in [0.1, 0.15) is 20.3 Å². The summed E-state index contributed by atoms with van der Waals surface area (Å²) in [5.41, 5.74) is 0. The van der Waals surface area contributed by atoms with Gasteiger partial charge < -0.3 is 20.3 Å². The van der Waals surface area contributed by atoms with Crippen LogP contribution in [0.4, 0.5) is 0 Å². The number of nitrogens with zero attached hydrogens (tertiary/aromatic N) is 2. The Kier molecular flexibility index (Phi) is 7.36. The van der Waals surface area contributed by atoms with Crippen molar-refractivity contribution in [1.82, 2.24) is 15.5 Å². The lowest BCUT2D eigenvalue weighted by molar-refractivity contribution is -0.120. The first kappa shape index (κ1) is 16.8. The van der Waals surface area contributed by atoms with Crippen LogP contribution in [0, 0.1) is 11.8 Å². The minimum Gasteiger partial charge on any atom is -0.383 e. The van der Waals surface area contributed by atoms with Crippen LogP contribution in [0.15, 0.2) is 4.99 Å². The number of rotatable bonds is 5. The van der Waals surface area contributed by atoms with Gasteiger partial charge in [-0.15, -0.1) is 0 Å². The van der Waals surface area contributed by atoms with Crippen molar-refractivity contribution in [3.63, 3.8) is 0 Å². The number of guanidine groups is 1. The molecule has 6 nitrogen and oxygen atoms in total. The van der Waals surface area contributed by atoms with Gasteiger partial charge in [0.1, 0.15) is 0 Å². The van der Waals surface area contributed by atoms with Crippen LogP contribution in [-0.4, -0.2) is 63.7 Å². The van der Waals surface area contributed by atoms with Gasteiger partial charge in [-0.2, -0.15) is 0 Å². The molecule has 0 aromatic carbocycles. The molecule has 1 rings (SSSR count). The number of amides is 1. The fourth-order valence-corrected chi connectivity index (χ4v) is 2.68. The summed E-state index contributed by atoms with van der Waals surface area (Å²) in [6.45, 7) is 7.82. The predicted octanol–water partition coefficient (Wildman–Crippen LogP) is 0.302. The third kappa shape index (κ3) is 5.77. The van der Waals surface area contributed by atoms with Gasteiger partial charge in [-0.05, 0) is 18.3 Å². The molecule has 0 aromatic heterocycles. The molecule has 0 spiro atoms. The van der Waals surface area contributed by atoms with Crippen LogP contribution in [0.3, 0.4) is 0 Å². The molecule has 1 heterocycles. The van der Waals surface area contributed by atoms with Gasteiger partial charge in [-0.25, -0.2) is 0 Å². The lowest BCUT2D eigenvalue weighted by atomic mass is 9.92. The maximum Gasteiger partial charge on any atom is 0.239 e. The van der Waals surface area contributed by atoms with Crippen LogP contribution < -0.4 is 10.6 Å². The van der Waals surface area contributed by atoms with E-state index in [-0.39, 0.29) is 12.5 Å².